The monoisotopic (exact) mass is 168 g/mol. The minimum Gasteiger partial charge on any atom is -0.300 e. The molecule has 2 rings (SSSR count). The van der Waals surface area contributed by atoms with E-state index in [0.717, 1.165) is 12.1 Å². The van der Waals surface area contributed by atoms with Gasteiger partial charge in [-0.25, -0.2) is 0 Å². The van der Waals surface area contributed by atoms with Crippen LogP contribution in [0.3, 0.4) is 0 Å². The third kappa shape index (κ3) is 1.80. The summed E-state index contributed by atoms with van der Waals surface area (Å²) in [6.45, 7) is 6.19. The molecule has 2 heteroatoms. The SMILES string of the molecule is CC1CCCC2NCCN2CC1. The van der Waals surface area contributed by atoms with E-state index in [1.807, 2.05) is 0 Å². The second kappa shape index (κ2) is 3.75. The average molecular weight is 168 g/mol. The maximum atomic E-state index is 3.57. The van der Waals surface area contributed by atoms with Crippen molar-refractivity contribution in [3.05, 3.63) is 0 Å². The molecule has 0 saturated carbocycles. The second-order valence-corrected chi connectivity index (χ2v) is 4.33. The summed E-state index contributed by atoms with van der Waals surface area (Å²) in [5, 5.41) is 3.57. The van der Waals surface area contributed by atoms with Gasteiger partial charge in [0.1, 0.15) is 0 Å². The molecule has 2 unspecified atom stereocenters. The zero-order valence-corrected chi connectivity index (χ0v) is 8.05. The summed E-state index contributed by atoms with van der Waals surface area (Å²) >= 11 is 0. The third-order valence-corrected chi connectivity index (χ3v) is 3.30. The standard InChI is InChI=1S/C10H20N2/c1-9-3-2-4-10-11-6-8-12(10)7-5-9/h9-11H,2-8H2,1H3. The van der Waals surface area contributed by atoms with Crippen molar-refractivity contribution in [1.82, 2.24) is 10.2 Å². The Morgan fingerprint density at radius 2 is 2.08 bits per heavy atom. The number of nitrogens with zero attached hydrogens (tertiary/aromatic N) is 1. The van der Waals surface area contributed by atoms with E-state index in [1.165, 1.54) is 45.3 Å². The van der Waals surface area contributed by atoms with E-state index < -0.39 is 0 Å². The topological polar surface area (TPSA) is 15.3 Å². The molecule has 0 bridgehead atoms. The van der Waals surface area contributed by atoms with E-state index in [2.05, 4.69) is 17.1 Å². The smallest absolute Gasteiger partial charge is 0.0597 e. The van der Waals surface area contributed by atoms with Crippen LogP contribution in [0.2, 0.25) is 0 Å². The lowest BCUT2D eigenvalue weighted by Gasteiger charge is -2.28. The van der Waals surface area contributed by atoms with Crippen LogP contribution in [0.1, 0.15) is 32.6 Å². The first-order valence-electron chi connectivity index (χ1n) is 5.33. The highest BCUT2D eigenvalue weighted by Gasteiger charge is 2.25. The number of rotatable bonds is 0. The van der Waals surface area contributed by atoms with Crippen LogP contribution in [-0.4, -0.2) is 30.7 Å². The highest BCUT2D eigenvalue weighted by molar-refractivity contribution is 4.80. The second-order valence-electron chi connectivity index (χ2n) is 4.33. The summed E-state index contributed by atoms with van der Waals surface area (Å²) in [7, 11) is 0. The van der Waals surface area contributed by atoms with Gasteiger partial charge in [-0.15, -0.1) is 0 Å². The first kappa shape index (κ1) is 8.52. The van der Waals surface area contributed by atoms with Crippen molar-refractivity contribution in [1.29, 1.82) is 0 Å². The van der Waals surface area contributed by atoms with Crippen molar-refractivity contribution in [3.63, 3.8) is 0 Å². The van der Waals surface area contributed by atoms with E-state index in [1.54, 1.807) is 0 Å². The number of hydrogen-bond acceptors (Lipinski definition) is 2. The van der Waals surface area contributed by atoms with Gasteiger partial charge in [-0.05, 0) is 25.3 Å². The average Bonchev–Trinajstić information content (AvgIpc) is 2.45. The lowest BCUT2D eigenvalue weighted by Crippen LogP contribution is -2.37. The predicted octanol–water partition coefficient (Wildman–Crippen LogP) is 1.43. The van der Waals surface area contributed by atoms with Gasteiger partial charge in [0.2, 0.25) is 0 Å². The molecule has 1 N–H and O–H groups in total. The van der Waals surface area contributed by atoms with Crippen LogP contribution in [0.15, 0.2) is 0 Å². The van der Waals surface area contributed by atoms with E-state index in [9.17, 15) is 0 Å². The Morgan fingerprint density at radius 3 is 3.00 bits per heavy atom. The molecule has 2 saturated heterocycles. The zero-order valence-electron chi connectivity index (χ0n) is 8.05. The Bertz CT molecular complexity index is 147. The van der Waals surface area contributed by atoms with Crippen molar-refractivity contribution < 1.29 is 0 Å². The maximum absolute atomic E-state index is 3.57. The van der Waals surface area contributed by atoms with Crippen molar-refractivity contribution in [2.24, 2.45) is 5.92 Å². The van der Waals surface area contributed by atoms with Gasteiger partial charge in [-0.2, -0.15) is 0 Å². The minimum atomic E-state index is 0.720. The highest BCUT2D eigenvalue weighted by atomic mass is 15.3. The number of nitrogens with one attached hydrogen (secondary N) is 1. The van der Waals surface area contributed by atoms with Crippen LogP contribution >= 0.6 is 0 Å². The highest BCUT2D eigenvalue weighted by Crippen LogP contribution is 2.21. The van der Waals surface area contributed by atoms with Gasteiger partial charge in [0.25, 0.3) is 0 Å². The lowest BCUT2D eigenvalue weighted by molar-refractivity contribution is 0.189. The zero-order chi connectivity index (χ0) is 8.39. The van der Waals surface area contributed by atoms with Gasteiger partial charge >= 0.3 is 0 Å². The van der Waals surface area contributed by atoms with Crippen LogP contribution < -0.4 is 5.32 Å². The lowest BCUT2D eigenvalue weighted by atomic mass is 9.97. The molecule has 2 fully saturated rings. The fourth-order valence-corrected chi connectivity index (χ4v) is 2.40. The summed E-state index contributed by atoms with van der Waals surface area (Å²) in [5.74, 6) is 0.951. The van der Waals surface area contributed by atoms with Crippen molar-refractivity contribution in [2.75, 3.05) is 19.6 Å². The van der Waals surface area contributed by atoms with Gasteiger partial charge in [0, 0.05) is 13.1 Å². The Balaban J connectivity index is 1.90. The number of fused-ring (bicyclic) bond motifs is 1. The van der Waals surface area contributed by atoms with Gasteiger partial charge in [-0.1, -0.05) is 19.8 Å². The molecule has 2 atom stereocenters. The molecule has 0 spiro atoms. The van der Waals surface area contributed by atoms with Gasteiger partial charge < -0.3 is 5.32 Å². The van der Waals surface area contributed by atoms with Crippen LogP contribution in [0.25, 0.3) is 0 Å². The molecule has 0 aromatic carbocycles. The van der Waals surface area contributed by atoms with E-state index >= 15 is 0 Å². The Labute approximate surface area is 75.3 Å². The van der Waals surface area contributed by atoms with Crippen molar-refractivity contribution in [3.8, 4) is 0 Å². The summed E-state index contributed by atoms with van der Waals surface area (Å²) < 4.78 is 0. The van der Waals surface area contributed by atoms with Gasteiger partial charge in [0.15, 0.2) is 0 Å². The summed E-state index contributed by atoms with van der Waals surface area (Å²) in [5.41, 5.74) is 0. The van der Waals surface area contributed by atoms with E-state index in [0.29, 0.717) is 0 Å². The minimum absolute atomic E-state index is 0.720. The fourth-order valence-electron chi connectivity index (χ4n) is 2.40. The summed E-state index contributed by atoms with van der Waals surface area (Å²) in [4.78, 5) is 2.62. The van der Waals surface area contributed by atoms with Crippen molar-refractivity contribution >= 4 is 0 Å². The quantitative estimate of drug-likeness (QED) is 0.588. The molecule has 0 aliphatic carbocycles. The molecule has 12 heavy (non-hydrogen) atoms. The fraction of sp³-hybridized carbons (Fsp3) is 1.00. The van der Waals surface area contributed by atoms with Crippen LogP contribution in [0.5, 0.6) is 0 Å². The molecule has 0 aromatic heterocycles. The van der Waals surface area contributed by atoms with Crippen LogP contribution in [0, 0.1) is 5.92 Å². The molecule has 2 aliphatic rings. The number of hydrogen-bond donors (Lipinski definition) is 1. The van der Waals surface area contributed by atoms with E-state index in [-0.39, 0.29) is 0 Å². The maximum Gasteiger partial charge on any atom is 0.0597 e. The molecular weight excluding hydrogens is 148 g/mol. The molecule has 2 heterocycles. The normalized spacial score (nSPS) is 38.8. The van der Waals surface area contributed by atoms with Gasteiger partial charge in [0.05, 0.1) is 6.17 Å². The summed E-state index contributed by atoms with van der Waals surface area (Å²) in [6, 6.07) is 0. The molecular formula is C10H20N2. The Morgan fingerprint density at radius 1 is 1.17 bits per heavy atom. The predicted molar refractivity (Wildman–Crippen MR) is 51.0 cm³/mol. The Kier molecular flexibility index (Phi) is 2.66. The molecule has 2 aliphatic heterocycles. The van der Waals surface area contributed by atoms with E-state index in [4.69, 9.17) is 0 Å². The first-order chi connectivity index (χ1) is 5.86. The summed E-state index contributed by atoms with van der Waals surface area (Å²) in [6.07, 6.45) is 6.33. The van der Waals surface area contributed by atoms with Crippen molar-refractivity contribution in [2.45, 2.75) is 38.8 Å². The van der Waals surface area contributed by atoms with Crippen LogP contribution in [-0.2, 0) is 0 Å². The molecule has 2 nitrogen and oxygen atoms in total. The molecule has 70 valence electrons. The molecule has 0 radical (unpaired) electrons. The largest absolute Gasteiger partial charge is 0.300 e. The third-order valence-electron chi connectivity index (χ3n) is 3.30. The molecule has 0 amide bonds. The van der Waals surface area contributed by atoms with Gasteiger partial charge in [-0.3, -0.25) is 4.90 Å². The molecule has 0 aromatic rings. The Hall–Kier alpha value is -0.0800. The van der Waals surface area contributed by atoms with Crippen LogP contribution in [0.4, 0.5) is 0 Å². The first-order valence-corrected chi connectivity index (χ1v) is 5.33.